The predicted octanol–water partition coefficient (Wildman–Crippen LogP) is 2.91. The van der Waals surface area contributed by atoms with E-state index in [4.69, 9.17) is 4.74 Å². The number of cyclic esters (lactones) is 1. The minimum atomic E-state index is -0.690. The van der Waals surface area contributed by atoms with Crippen LogP contribution < -0.4 is 0 Å². The van der Waals surface area contributed by atoms with Gasteiger partial charge in [-0.2, -0.15) is 11.8 Å². The van der Waals surface area contributed by atoms with E-state index >= 15 is 0 Å². The fraction of sp³-hybridized carbons (Fsp3) is 0.882. The van der Waals surface area contributed by atoms with Crippen molar-refractivity contribution in [2.75, 3.05) is 12.4 Å². The number of ether oxygens (including phenoxy) is 1. The van der Waals surface area contributed by atoms with Crippen LogP contribution in [0.4, 0.5) is 4.79 Å². The number of nitrogens with zero attached hydrogens (tertiary/aromatic N) is 1. The van der Waals surface area contributed by atoms with Crippen molar-refractivity contribution >= 4 is 23.8 Å². The molecule has 2 aliphatic rings. The molecule has 6 heteroatoms. The van der Waals surface area contributed by atoms with Crippen LogP contribution in [0.3, 0.4) is 0 Å². The van der Waals surface area contributed by atoms with Crippen molar-refractivity contribution < 1.29 is 19.4 Å². The lowest BCUT2D eigenvalue weighted by molar-refractivity contribution is -0.140. The molecule has 2 amide bonds. The van der Waals surface area contributed by atoms with Gasteiger partial charge in [0.25, 0.3) is 0 Å². The van der Waals surface area contributed by atoms with Gasteiger partial charge in [-0.15, -0.1) is 0 Å². The molecule has 0 aromatic rings. The highest BCUT2D eigenvalue weighted by Crippen LogP contribution is 2.40. The summed E-state index contributed by atoms with van der Waals surface area (Å²) in [5.41, 5.74) is -0.248. The molecule has 132 valence electrons. The average Bonchev–Trinajstić information content (AvgIpc) is 2.79. The standard InChI is InChI=1S/C17H29NO4S/c1-6-23-12-8-10(2)7-11(19)14(12)15(20)18-13(17(3,4)5)9-22-16(18)21/h10-14,19H,6-9H2,1-5H3/t10-,11-,12-,13+,14-/m1/s1. The molecule has 0 radical (unpaired) electrons. The second-order valence-electron chi connectivity index (χ2n) is 7.83. The van der Waals surface area contributed by atoms with Crippen LogP contribution in [0.25, 0.3) is 0 Å². The Morgan fingerprint density at radius 3 is 2.61 bits per heavy atom. The van der Waals surface area contributed by atoms with Crippen molar-refractivity contribution in [2.24, 2.45) is 17.3 Å². The third-order valence-electron chi connectivity index (χ3n) is 4.87. The van der Waals surface area contributed by atoms with E-state index in [9.17, 15) is 14.7 Å². The van der Waals surface area contributed by atoms with E-state index in [1.165, 1.54) is 4.90 Å². The van der Waals surface area contributed by atoms with Gasteiger partial charge in [0.05, 0.1) is 18.1 Å². The molecule has 0 unspecified atom stereocenters. The molecule has 0 spiro atoms. The van der Waals surface area contributed by atoms with Crippen molar-refractivity contribution in [3.8, 4) is 0 Å². The second kappa shape index (κ2) is 7.01. The number of aliphatic hydroxyl groups excluding tert-OH is 1. The van der Waals surface area contributed by atoms with Crippen molar-refractivity contribution in [3.63, 3.8) is 0 Å². The van der Waals surface area contributed by atoms with Crippen LogP contribution in [0.2, 0.25) is 0 Å². The minimum absolute atomic E-state index is 0.0558. The Kier molecular flexibility index (Phi) is 5.67. The normalized spacial score (nSPS) is 35.3. The van der Waals surface area contributed by atoms with E-state index in [1.54, 1.807) is 11.8 Å². The number of amides is 2. The summed E-state index contributed by atoms with van der Waals surface area (Å²) in [6.07, 6.45) is 0.250. The Bertz CT molecular complexity index is 462. The monoisotopic (exact) mass is 343 g/mol. The average molecular weight is 343 g/mol. The van der Waals surface area contributed by atoms with Crippen LogP contribution in [0.1, 0.15) is 47.5 Å². The number of aliphatic hydroxyl groups is 1. The first-order valence-corrected chi connectivity index (χ1v) is 9.51. The Labute approximate surface area is 143 Å². The van der Waals surface area contributed by atoms with Crippen LogP contribution in [0.15, 0.2) is 0 Å². The van der Waals surface area contributed by atoms with Gasteiger partial charge in [-0.3, -0.25) is 4.79 Å². The molecule has 5 atom stereocenters. The number of thioether (sulfide) groups is 1. The first-order valence-electron chi connectivity index (χ1n) is 8.46. The first-order chi connectivity index (χ1) is 10.7. The fourth-order valence-electron chi connectivity index (χ4n) is 3.62. The van der Waals surface area contributed by atoms with Crippen molar-refractivity contribution in [2.45, 2.75) is 64.9 Å². The number of hydrogen-bond donors (Lipinski definition) is 1. The lowest BCUT2D eigenvalue weighted by atomic mass is 9.78. The number of carbonyl (C=O) groups excluding carboxylic acids is 2. The highest BCUT2D eigenvalue weighted by molar-refractivity contribution is 7.99. The zero-order chi connectivity index (χ0) is 17.4. The van der Waals surface area contributed by atoms with Crippen LogP contribution in [0.5, 0.6) is 0 Å². The summed E-state index contributed by atoms with van der Waals surface area (Å²) in [4.78, 5) is 26.5. The van der Waals surface area contributed by atoms with E-state index in [0.29, 0.717) is 12.3 Å². The van der Waals surface area contributed by atoms with Gasteiger partial charge in [-0.25, -0.2) is 9.69 Å². The highest BCUT2D eigenvalue weighted by Gasteiger charge is 2.50. The Hall–Kier alpha value is -0.750. The SMILES string of the molecule is CCS[C@@H]1C[C@H](C)C[C@@H](O)[C@H]1C(=O)N1C(=O)OC[C@H]1C(C)(C)C. The van der Waals surface area contributed by atoms with Gasteiger partial charge in [-0.05, 0) is 29.9 Å². The smallest absolute Gasteiger partial charge is 0.417 e. The summed E-state index contributed by atoms with van der Waals surface area (Å²) in [6.45, 7) is 10.4. The van der Waals surface area contributed by atoms with Crippen LogP contribution in [-0.2, 0) is 9.53 Å². The van der Waals surface area contributed by atoms with Crippen LogP contribution >= 0.6 is 11.8 Å². The Balaban J connectivity index is 2.26. The zero-order valence-corrected chi connectivity index (χ0v) is 15.6. The molecular weight excluding hydrogens is 314 g/mol. The topological polar surface area (TPSA) is 66.8 Å². The number of rotatable bonds is 3. The van der Waals surface area contributed by atoms with Gasteiger partial charge < -0.3 is 9.84 Å². The molecule has 0 bridgehead atoms. The summed E-state index contributed by atoms with van der Waals surface area (Å²) < 4.78 is 5.15. The molecular formula is C17H29NO4S. The number of carbonyl (C=O) groups is 2. The molecule has 2 fully saturated rings. The van der Waals surface area contributed by atoms with E-state index in [2.05, 4.69) is 13.8 Å². The van der Waals surface area contributed by atoms with Gasteiger partial charge in [0.1, 0.15) is 6.61 Å². The van der Waals surface area contributed by atoms with Crippen molar-refractivity contribution in [3.05, 3.63) is 0 Å². The largest absolute Gasteiger partial charge is 0.447 e. The molecule has 5 nitrogen and oxygen atoms in total. The van der Waals surface area contributed by atoms with Crippen molar-refractivity contribution in [1.82, 2.24) is 4.90 Å². The summed E-state index contributed by atoms with van der Waals surface area (Å²) >= 11 is 1.71. The maximum absolute atomic E-state index is 13.1. The van der Waals surface area contributed by atoms with E-state index in [1.807, 2.05) is 20.8 Å². The maximum atomic E-state index is 13.1. The summed E-state index contributed by atoms with van der Waals surface area (Å²) in [6, 6.07) is -0.277. The summed E-state index contributed by atoms with van der Waals surface area (Å²) in [5, 5.41) is 10.6. The van der Waals surface area contributed by atoms with E-state index in [0.717, 1.165) is 12.2 Å². The molecule has 1 aliphatic heterocycles. The van der Waals surface area contributed by atoms with Gasteiger partial charge in [0.2, 0.25) is 5.91 Å². The van der Waals surface area contributed by atoms with E-state index < -0.39 is 18.1 Å². The molecule has 23 heavy (non-hydrogen) atoms. The summed E-state index contributed by atoms with van der Waals surface area (Å²) in [7, 11) is 0. The predicted molar refractivity (Wildman–Crippen MR) is 91.3 cm³/mol. The van der Waals surface area contributed by atoms with Crippen molar-refractivity contribution in [1.29, 1.82) is 0 Å². The molecule has 1 saturated carbocycles. The van der Waals surface area contributed by atoms with Crippen LogP contribution in [0, 0.1) is 17.3 Å². The Morgan fingerprint density at radius 1 is 1.39 bits per heavy atom. The Morgan fingerprint density at radius 2 is 2.04 bits per heavy atom. The van der Waals surface area contributed by atoms with Gasteiger partial charge in [0.15, 0.2) is 0 Å². The van der Waals surface area contributed by atoms with Gasteiger partial charge in [-0.1, -0.05) is 34.6 Å². The lowest BCUT2D eigenvalue weighted by Gasteiger charge is -2.40. The van der Waals surface area contributed by atoms with Crippen LogP contribution in [-0.4, -0.2) is 51.8 Å². The molecule has 0 aromatic heterocycles. The third kappa shape index (κ3) is 3.85. The number of hydrogen-bond acceptors (Lipinski definition) is 5. The van der Waals surface area contributed by atoms with Gasteiger partial charge >= 0.3 is 6.09 Å². The molecule has 1 aliphatic carbocycles. The maximum Gasteiger partial charge on any atom is 0.417 e. The third-order valence-corrected chi connectivity index (χ3v) is 6.12. The minimum Gasteiger partial charge on any atom is -0.447 e. The van der Waals surface area contributed by atoms with E-state index in [-0.39, 0.29) is 29.2 Å². The van der Waals surface area contributed by atoms with Gasteiger partial charge in [0, 0.05) is 5.25 Å². The molecule has 1 heterocycles. The first kappa shape index (κ1) is 18.6. The summed E-state index contributed by atoms with van der Waals surface area (Å²) in [5.74, 6) is 0.493. The fourth-order valence-corrected chi connectivity index (χ4v) is 5.02. The zero-order valence-electron chi connectivity index (χ0n) is 14.7. The number of imide groups is 1. The molecule has 2 rings (SSSR count). The molecule has 0 aromatic carbocycles. The molecule has 1 saturated heterocycles. The second-order valence-corrected chi connectivity index (χ2v) is 9.35. The molecule has 1 N–H and O–H groups in total. The highest BCUT2D eigenvalue weighted by atomic mass is 32.2. The lowest BCUT2D eigenvalue weighted by Crippen LogP contribution is -2.54. The quantitative estimate of drug-likeness (QED) is 0.853.